The minimum atomic E-state index is -2.48. The fraction of sp³-hybridized carbons (Fsp3) is 0.375. The summed E-state index contributed by atoms with van der Waals surface area (Å²) in [5, 5.41) is 2.55. The third kappa shape index (κ3) is 4.13. The van der Waals surface area contributed by atoms with Gasteiger partial charge in [0, 0.05) is 18.6 Å². The van der Waals surface area contributed by atoms with Crippen molar-refractivity contribution in [3.8, 4) is 0 Å². The molecule has 0 spiro atoms. The molecule has 3 nitrogen and oxygen atoms in total. The Kier molecular flexibility index (Phi) is 6.21. The van der Waals surface area contributed by atoms with E-state index < -0.39 is 8.32 Å². The Balaban J connectivity index is 1.82. The molecule has 0 unspecified atom stereocenters. The number of ether oxygens (including phenoxy) is 1. The van der Waals surface area contributed by atoms with E-state index in [1.54, 1.807) is 0 Å². The second-order valence-electron chi connectivity index (χ2n) is 8.49. The van der Waals surface area contributed by atoms with E-state index in [2.05, 4.69) is 88.0 Å². The molecule has 1 fully saturated rings. The molecule has 1 heterocycles. The summed E-state index contributed by atoms with van der Waals surface area (Å²) in [6.07, 6.45) is 2.25. The maximum Gasteiger partial charge on any atom is 0.333 e. The van der Waals surface area contributed by atoms with Gasteiger partial charge in [0.2, 0.25) is 0 Å². The SMILES string of the molecule is C=C1C[C@@H](CCCO[Si](c2ccccc2)(c2ccccc2)C(C)(C)C)OC1=O. The van der Waals surface area contributed by atoms with Crippen LogP contribution in [-0.2, 0) is 14.0 Å². The van der Waals surface area contributed by atoms with Crippen molar-refractivity contribution in [3.63, 3.8) is 0 Å². The maximum absolute atomic E-state index is 11.5. The number of rotatable bonds is 7. The fourth-order valence-corrected chi connectivity index (χ4v) is 8.70. The van der Waals surface area contributed by atoms with Gasteiger partial charge < -0.3 is 9.16 Å². The second kappa shape index (κ2) is 8.46. The molecule has 0 aromatic heterocycles. The molecule has 28 heavy (non-hydrogen) atoms. The molecule has 1 saturated heterocycles. The van der Waals surface area contributed by atoms with Gasteiger partial charge in [-0.15, -0.1) is 0 Å². The van der Waals surface area contributed by atoms with Crippen molar-refractivity contribution in [2.24, 2.45) is 0 Å². The zero-order valence-corrected chi connectivity index (χ0v) is 18.1. The monoisotopic (exact) mass is 394 g/mol. The average molecular weight is 395 g/mol. The van der Waals surface area contributed by atoms with Gasteiger partial charge in [0.1, 0.15) is 6.10 Å². The Labute approximate surface area is 169 Å². The van der Waals surface area contributed by atoms with Crippen molar-refractivity contribution >= 4 is 24.7 Å². The first-order valence-electron chi connectivity index (χ1n) is 9.98. The van der Waals surface area contributed by atoms with E-state index in [9.17, 15) is 4.79 Å². The van der Waals surface area contributed by atoms with Crippen LogP contribution in [0.2, 0.25) is 5.04 Å². The van der Waals surface area contributed by atoms with E-state index in [1.807, 2.05) is 0 Å². The van der Waals surface area contributed by atoms with Gasteiger partial charge in [-0.2, -0.15) is 0 Å². The normalized spacial score (nSPS) is 17.6. The van der Waals surface area contributed by atoms with Crippen LogP contribution in [0.15, 0.2) is 72.8 Å². The summed E-state index contributed by atoms with van der Waals surface area (Å²) in [6.45, 7) is 11.3. The van der Waals surface area contributed by atoms with Crippen LogP contribution in [0, 0.1) is 0 Å². The van der Waals surface area contributed by atoms with Gasteiger partial charge in [0.15, 0.2) is 0 Å². The van der Waals surface area contributed by atoms with Crippen LogP contribution in [0.5, 0.6) is 0 Å². The van der Waals surface area contributed by atoms with Gasteiger partial charge in [-0.3, -0.25) is 0 Å². The van der Waals surface area contributed by atoms with E-state index in [0.29, 0.717) is 18.6 Å². The number of esters is 1. The molecule has 0 aliphatic carbocycles. The Hall–Kier alpha value is -2.17. The predicted octanol–water partition coefficient (Wildman–Crippen LogP) is 4.21. The lowest BCUT2D eigenvalue weighted by molar-refractivity contribution is -0.139. The van der Waals surface area contributed by atoms with Crippen LogP contribution >= 0.6 is 0 Å². The lowest BCUT2D eigenvalue weighted by Gasteiger charge is -2.43. The molecular weight excluding hydrogens is 364 g/mol. The number of hydrogen-bond acceptors (Lipinski definition) is 3. The highest BCUT2D eigenvalue weighted by Crippen LogP contribution is 2.37. The lowest BCUT2D eigenvalue weighted by atomic mass is 10.1. The number of hydrogen-bond donors (Lipinski definition) is 0. The smallest absolute Gasteiger partial charge is 0.333 e. The summed E-state index contributed by atoms with van der Waals surface area (Å²) in [7, 11) is -2.48. The summed E-state index contributed by atoms with van der Waals surface area (Å²) in [4.78, 5) is 11.5. The van der Waals surface area contributed by atoms with Crippen LogP contribution in [0.1, 0.15) is 40.0 Å². The quantitative estimate of drug-likeness (QED) is 0.305. The van der Waals surface area contributed by atoms with Gasteiger partial charge >= 0.3 is 5.97 Å². The first-order chi connectivity index (χ1) is 13.3. The molecule has 1 atom stereocenters. The molecule has 0 amide bonds. The van der Waals surface area contributed by atoms with Gasteiger partial charge in [0.25, 0.3) is 8.32 Å². The average Bonchev–Trinajstić information content (AvgIpc) is 3.00. The summed E-state index contributed by atoms with van der Waals surface area (Å²) >= 11 is 0. The Bertz CT molecular complexity index is 753. The molecule has 1 aliphatic rings. The molecule has 4 heteroatoms. The first kappa shape index (κ1) is 20.6. The van der Waals surface area contributed by atoms with Crippen LogP contribution in [0.25, 0.3) is 0 Å². The molecule has 2 aromatic carbocycles. The number of cyclic esters (lactones) is 1. The molecule has 148 valence electrons. The number of benzene rings is 2. The van der Waals surface area contributed by atoms with E-state index in [0.717, 1.165) is 12.8 Å². The van der Waals surface area contributed by atoms with Crippen molar-refractivity contribution in [3.05, 3.63) is 72.8 Å². The largest absolute Gasteiger partial charge is 0.459 e. The third-order valence-electron chi connectivity index (χ3n) is 5.44. The molecule has 0 saturated carbocycles. The second-order valence-corrected chi connectivity index (χ2v) is 12.8. The highest BCUT2D eigenvalue weighted by atomic mass is 28.4. The first-order valence-corrected chi connectivity index (χ1v) is 11.9. The fourth-order valence-electron chi connectivity index (χ4n) is 4.09. The van der Waals surface area contributed by atoms with Crippen LogP contribution in [-0.4, -0.2) is 27.0 Å². The summed E-state index contributed by atoms with van der Waals surface area (Å²) in [5.41, 5.74) is 0.581. The Morgan fingerprint density at radius 2 is 1.57 bits per heavy atom. The van der Waals surface area contributed by atoms with Gasteiger partial charge in [-0.05, 0) is 28.3 Å². The highest BCUT2D eigenvalue weighted by molar-refractivity contribution is 6.99. The summed E-state index contributed by atoms with van der Waals surface area (Å²) < 4.78 is 12.2. The van der Waals surface area contributed by atoms with Crippen molar-refractivity contribution in [1.82, 2.24) is 0 Å². The van der Waals surface area contributed by atoms with Gasteiger partial charge in [-0.1, -0.05) is 88.0 Å². The molecular formula is C24H30O3Si. The van der Waals surface area contributed by atoms with E-state index >= 15 is 0 Å². The number of carbonyl (C=O) groups excluding carboxylic acids is 1. The number of carbonyl (C=O) groups is 1. The van der Waals surface area contributed by atoms with Crippen LogP contribution < -0.4 is 10.4 Å². The molecule has 0 N–H and O–H groups in total. The lowest BCUT2D eigenvalue weighted by Crippen LogP contribution is -2.66. The van der Waals surface area contributed by atoms with Crippen LogP contribution in [0.3, 0.4) is 0 Å². The molecule has 3 rings (SSSR count). The minimum absolute atomic E-state index is 0.0240. The van der Waals surface area contributed by atoms with E-state index in [4.69, 9.17) is 9.16 Å². The van der Waals surface area contributed by atoms with Crippen molar-refractivity contribution < 1.29 is 14.0 Å². The van der Waals surface area contributed by atoms with Gasteiger partial charge in [0.05, 0.1) is 0 Å². The molecule has 2 aromatic rings. The molecule has 0 radical (unpaired) electrons. The summed E-state index contributed by atoms with van der Waals surface area (Å²) in [6, 6.07) is 21.3. The standard InChI is InChI=1S/C24H30O3Si/c1-19-18-20(27-23(19)25)12-11-17-26-28(24(2,3)4,21-13-7-5-8-14-21)22-15-9-6-10-16-22/h5-10,13-16,20H,1,11-12,17-18H2,2-4H3/t20-/m1/s1. The Morgan fingerprint density at radius 1 is 1.04 bits per heavy atom. The molecule has 0 bridgehead atoms. The highest BCUT2D eigenvalue weighted by Gasteiger charge is 2.50. The van der Waals surface area contributed by atoms with Gasteiger partial charge in [-0.25, -0.2) is 4.79 Å². The van der Waals surface area contributed by atoms with Crippen molar-refractivity contribution in [1.29, 1.82) is 0 Å². The Morgan fingerprint density at radius 3 is 2.00 bits per heavy atom. The predicted molar refractivity (Wildman–Crippen MR) is 116 cm³/mol. The topological polar surface area (TPSA) is 35.5 Å². The summed E-state index contributed by atoms with van der Waals surface area (Å²) in [5.74, 6) is -0.252. The van der Waals surface area contributed by atoms with E-state index in [1.165, 1.54) is 10.4 Å². The van der Waals surface area contributed by atoms with E-state index in [-0.39, 0.29) is 17.1 Å². The zero-order chi connectivity index (χ0) is 20.2. The third-order valence-corrected chi connectivity index (χ3v) is 10.5. The molecule has 1 aliphatic heterocycles. The van der Waals surface area contributed by atoms with Crippen LogP contribution in [0.4, 0.5) is 0 Å². The minimum Gasteiger partial charge on any atom is -0.459 e. The van der Waals surface area contributed by atoms with Crippen molar-refractivity contribution in [2.75, 3.05) is 6.61 Å². The maximum atomic E-state index is 11.5. The zero-order valence-electron chi connectivity index (χ0n) is 17.1. The van der Waals surface area contributed by atoms with Crippen molar-refractivity contribution in [2.45, 2.75) is 51.2 Å².